The molecule has 19 heavy (non-hydrogen) atoms. The lowest BCUT2D eigenvalue weighted by atomic mass is 10.1. The second-order valence-electron chi connectivity index (χ2n) is 3.75. The number of amides is 1. The SMILES string of the molecule is NNC(=O)OCc1ccc(C(Br)CC(F)(F)F)cc1. The van der Waals surface area contributed by atoms with Crippen molar-refractivity contribution in [3.05, 3.63) is 35.4 Å². The fourth-order valence-corrected chi connectivity index (χ4v) is 2.01. The number of hydrazine groups is 1. The van der Waals surface area contributed by atoms with Crippen LogP contribution in [0.4, 0.5) is 18.0 Å². The Morgan fingerprint density at radius 3 is 2.42 bits per heavy atom. The first-order valence-corrected chi connectivity index (χ1v) is 6.16. The van der Waals surface area contributed by atoms with Crippen molar-refractivity contribution in [2.24, 2.45) is 5.84 Å². The van der Waals surface area contributed by atoms with E-state index in [0.717, 1.165) is 0 Å². The number of benzene rings is 1. The monoisotopic (exact) mass is 340 g/mol. The molecule has 1 aromatic carbocycles. The second kappa shape index (κ2) is 6.76. The first-order chi connectivity index (χ1) is 8.81. The van der Waals surface area contributed by atoms with E-state index in [2.05, 4.69) is 15.9 Å². The van der Waals surface area contributed by atoms with Gasteiger partial charge in [-0.15, -0.1) is 0 Å². The summed E-state index contributed by atoms with van der Waals surface area (Å²) < 4.78 is 41.3. The van der Waals surface area contributed by atoms with Crippen molar-refractivity contribution in [3.63, 3.8) is 0 Å². The maximum Gasteiger partial charge on any atom is 0.421 e. The van der Waals surface area contributed by atoms with Crippen LogP contribution in [0.25, 0.3) is 0 Å². The summed E-state index contributed by atoms with van der Waals surface area (Å²) in [4.78, 5) is 9.93. The molecule has 0 saturated heterocycles. The van der Waals surface area contributed by atoms with Gasteiger partial charge in [-0.1, -0.05) is 40.2 Å². The smallest absolute Gasteiger partial charge is 0.421 e. The van der Waals surface area contributed by atoms with E-state index < -0.39 is 23.5 Å². The number of rotatable bonds is 4. The van der Waals surface area contributed by atoms with E-state index in [1.54, 1.807) is 29.7 Å². The van der Waals surface area contributed by atoms with Crippen LogP contribution in [0.3, 0.4) is 0 Å². The van der Waals surface area contributed by atoms with E-state index in [1.807, 2.05) is 0 Å². The van der Waals surface area contributed by atoms with E-state index >= 15 is 0 Å². The Balaban J connectivity index is 2.58. The third-order valence-electron chi connectivity index (χ3n) is 2.24. The summed E-state index contributed by atoms with van der Waals surface area (Å²) in [5.41, 5.74) is 2.95. The number of nitrogens with one attached hydrogen (secondary N) is 1. The van der Waals surface area contributed by atoms with Crippen LogP contribution in [0.15, 0.2) is 24.3 Å². The van der Waals surface area contributed by atoms with Gasteiger partial charge < -0.3 is 4.74 Å². The van der Waals surface area contributed by atoms with Crippen molar-refractivity contribution in [1.82, 2.24) is 5.43 Å². The van der Waals surface area contributed by atoms with Gasteiger partial charge in [-0.3, -0.25) is 5.43 Å². The number of nitrogens with two attached hydrogens (primary N) is 1. The lowest BCUT2D eigenvalue weighted by Crippen LogP contribution is -2.30. The maximum atomic E-state index is 12.2. The molecule has 0 saturated carbocycles. The minimum absolute atomic E-state index is 0.00443. The predicted molar refractivity (Wildman–Crippen MR) is 66.3 cm³/mol. The molecular weight excluding hydrogens is 329 g/mol. The molecule has 1 atom stereocenters. The minimum atomic E-state index is -4.23. The molecule has 0 aromatic heterocycles. The molecule has 0 aliphatic heterocycles. The lowest BCUT2D eigenvalue weighted by molar-refractivity contribution is -0.134. The highest BCUT2D eigenvalue weighted by atomic mass is 79.9. The lowest BCUT2D eigenvalue weighted by Gasteiger charge is -2.13. The average molecular weight is 341 g/mol. The predicted octanol–water partition coefficient (Wildman–Crippen LogP) is 3.17. The van der Waals surface area contributed by atoms with Crippen molar-refractivity contribution in [3.8, 4) is 0 Å². The molecule has 0 fully saturated rings. The quantitative estimate of drug-likeness (QED) is 0.383. The maximum absolute atomic E-state index is 12.2. The van der Waals surface area contributed by atoms with Crippen molar-refractivity contribution < 1.29 is 22.7 Å². The van der Waals surface area contributed by atoms with Crippen LogP contribution in [0.2, 0.25) is 0 Å². The van der Waals surface area contributed by atoms with Gasteiger partial charge in [-0.05, 0) is 11.1 Å². The summed E-state index contributed by atoms with van der Waals surface area (Å²) in [5.74, 6) is 4.82. The Morgan fingerprint density at radius 2 is 1.95 bits per heavy atom. The highest BCUT2D eigenvalue weighted by Crippen LogP contribution is 2.35. The summed E-state index contributed by atoms with van der Waals surface area (Å²) in [7, 11) is 0. The first-order valence-electron chi connectivity index (χ1n) is 5.25. The van der Waals surface area contributed by atoms with Gasteiger partial charge in [-0.25, -0.2) is 10.6 Å². The Morgan fingerprint density at radius 1 is 1.37 bits per heavy atom. The van der Waals surface area contributed by atoms with Crippen molar-refractivity contribution in [2.75, 3.05) is 0 Å². The number of hydrogen-bond acceptors (Lipinski definition) is 3. The minimum Gasteiger partial charge on any atom is -0.444 e. The van der Waals surface area contributed by atoms with Crippen LogP contribution < -0.4 is 11.3 Å². The third kappa shape index (κ3) is 5.93. The molecule has 0 aliphatic rings. The van der Waals surface area contributed by atoms with Gasteiger partial charge in [0.15, 0.2) is 0 Å². The molecule has 4 nitrogen and oxygen atoms in total. The molecule has 1 rings (SSSR count). The highest BCUT2D eigenvalue weighted by Gasteiger charge is 2.31. The first kappa shape index (κ1) is 15.8. The van der Waals surface area contributed by atoms with E-state index in [0.29, 0.717) is 11.1 Å². The molecule has 1 unspecified atom stereocenters. The van der Waals surface area contributed by atoms with Gasteiger partial charge >= 0.3 is 12.3 Å². The number of alkyl halides is 4. The van der Waals surface area contributed by atoms with Gasteiger partial charge in [0, 0.05) is 4.83 Å². The Bertz CT molecular complexity index is 423. The van der Waals surface area contributed by atoms with Crippen molar-refractivity contribution in [2.45, 2.75) is 24.0 Å². The molecule has 0 radical (unpaired) electrons. The van der Waals surface area contributed by atoms with E-state index in [9.17, 15) is 18.0 Å². The standard InChI is InChI=1S/C11H12BrF3N2O2/c12-9(5-11(13,14)15)8-3-1-7(2-4-8)6-19-10(18)17-16/h1-4,9H,5-6,16H2,(H,17,18). The molecular formula is C11H12BrF3N2O2. The van der Waals surface area contributed by atoms with Crippen LogP contribution in [0.5, 0.6) is 0 Å². The largest absolute Gasteiger partial charge is 0.444 e. The number of ether oxygens (including phenoxy) is 1. The van der Waals surface area contributed by atoms with Crippen LogP contribution in [0, 0.1) is 0 Å². The average Bonchev–Trinajstić information content (AvgIpc) is 2.34. The van der Waals surface area contributed by atoms with E-state index in [1.165, 1.54) is 0 Å². The molecule has 1 amide bonds. The van der Waals surface area contributed by atoms with Crippen molar-refractivity contribution >= 4 is 22.0 Å². The number of carbonyl (C=O) groups is 1. The molecule has 8 heteroatoms. The van der Waals surface area contributed by atoms with Crippen LogP contribution >= 0.6 is 15.9 Å². The van der Waals surface area contributed by atoms with Gasteiger partial charge in [-0.2, -0.15) is 13.2 Å². The number of hydrogen-bond donors (Lipinski definition) is 2. The number of halogens is 4. The van der Waals surface area contributed by atoms with E-state index in [-0.39, 0.29) is 6.61 Å². The highest BCUT2D eigenvalue weighted by molar-refractivity contribution is 9.09. The van der Waals surface area contributed by atoms with Crippen LogP contribution in [-0.4, -0.2) is 12.3 Å². The second-order valence-corrected chi connectivity index (χ2v) is 4.85. The molecule has 1 aromatic rings. The fraction of sp³-hybridized carbons (Fsp3) is 0.364. The summed E-state index contributed by atoms with van der Waals surface area (Å²) in [5, 5.41) is 0. The normalized spacial score (nSPS) is 12.9. The Labute approximate surface area is 116 Å². The molecule has 3 N–H and O–H groups in total. The summed E-state index contributed by atoms with van der Waals surface area (Å²) in [6, 6.07) is 6.27. The molecule has 106 valence electrons. The Hall–Kier alpha value is -1.28. The van der Waals surface area contributed by atoms with Crippen molar-refractivity contribution in [1.29, 1.82) is 0 Å². The molecule has 0 bridgehead atoms. The number of carbonyl (C=O) groups excluding carboxylic acids is 1. The van der Waals surface area contributed by atoms with Crippen LogP contribution in [0.1, 0.15) is 22.4 Å². The zero-order chi connectivity index (χ0) is 14.5. The zero-order valence-corrected chi connectivity index (χ0v) is 11.3. The molecule has 0 spiro atoms. The molecule has 0 heterocycles. The van der Waals surface area contributed by atoms with Gasteiger partial charge in [0.25, 0.3) is 0 Å². The topological polar surface area (TPSA) is 64.3 Å². The van der Waals surface area contributed by atoms with E-state index in [4.69, 9.17) is 10.6 Å². The van der Waals surface area contributed by atoms with Crippen LogP contribution in [-0.2, 0) is 11.3 Å². The summed E-state index contributed by atoms with van der Waals surface area (Å²) in [6.45, 7) is -0.00443. The van der Waals surface area contributed by atoms with Gasteiger partial charge in [0.2, 0.25) is 0 Å². The molecule has 0 aliphatic carbocycles. The van der Waals surface area contributed by atoms with Gasteiger partial charge in [0.05, 0.1) is 6.42 Å². The Kier molecular flexibility index (Phi) is 5.61. The van der Waals surface area contributed by atoms with Gasteiger partial charge in [0.1, 0.15) is 6.61 Å². The fourth-order valence-electron chi connectivity index (χ4n) is 1.33. The third-order valence-corrected chi connectivity index (χ3v) is 3.09. The summed E-state index contributed by atoms with van der Waals surface area (Å²) >= 11 is 2.99. The zero-order valence-electron chi connectivity index (χ0n) is 9.71. The summed E-state index contributed by atoms with van der Waals surface area (Å²) in [6.07, 6.45) is -5.95.